The van der Waals surface area contributed by atoms with Crippen molar-refractivity contribution in [2.45, 2.75) is 32.2 Å². The first-order valence-electron chi connectivity index (χ1n) is 11.1. The van der Waals surface area contributed by atoms with Gasteiger partial charge in [-0.3, -0.25) is 9.59 Å². The summed E-state index contributed by atoms with van der Waals surface area (Å²) in [7, 11) is 1.62. The molecule has 0 spiro atoms. The number of ether oxygens (including phenoxy) is 2. The van der Waals surface area contributed by atoms with Crippen molar-refractivity contribution in [2.75, 3.05) is 46.5 Å². The van der Waals surface area contributed by atoms with Crippen molar-refractivity contribution in [3.8, 4) is 5.75 Å². The number of hydrogen-bond acceptors (Lipinski definition) is 7. The fourth-order valence-electron chi connectivity index (χ4n) is 4.43. The van der Waals surface area contributed by atoms with Crippen LogP contribution in [0.15, 0.2) is 24.3 Å². The highest BCUT2D eigenvalue weighted by Crippen LogP contribution is 2.25. The van der Waals surface area contributed by atoms with Gasteiger partial charge in [0.1, 0.15) is 17.6 Å². The Kier molecular flexibility index (Phi) is 6.99. The van der Waals surface area contributed by atoms with Crippen molar-refractivity contribution in [2.24, 2.45) is 5.92 Å². The number of methoxy groups -OCH3 is 1. The number of amides is 2. The summed E-state index contributed by atoms with van der Waals surface area (Å²) < 4.78 is 12.3. The molecule has 1 aromatic carbocycles. The minimum absolute atomic E-state index is 0.0273. The van der Waals surface area contributed by atoms with Crippen molar-refractivity contribution in [1.29, 1.82) is 0 Å². The molecule has 3 heterocycles. The van der Waals surface area contributed by atoms with Gasteiger partial charge in [0.15, 0.2) is 0 Å². The maximum absolute atomic E-state index is 13.6. The number of likely N-dealkylation sites (tertiary alicyclic amines) is 1. The lowest BCUT2D eigenvalue weighted by molar-refractivity contribution is -0.144. The number of aryl methyl sites for hydroxylation is 1. The number of carbonyl (C=O) groups excluding carboxylic acids is 2. The fourth-order valence-corrected chi connectivity index (χ4v) is 4.43. The number of carbonyl (C=O) groups is 2. The van der Waals surface area contributed by atoms with Crippen molar-refractivity contribution in [3.05, 3.63) is 35.7 Å². The van der Waals surface area contributed by atoms with Crippen molar-refractivity contribution in [3.63, 3.8) is 0 Å². The fraction of sp³-hybridized carbons (Fsp3) is 0.591. The number of aromatic nitrogens is 4. The van der Waals surface area contributed by atoms with Gasteiger partial charge in [0, 0.05) is 38.5 Å². The molecule has 0 N–H and O–H groups in total. The number of rotatable bonds is 6. The molecule has 4 rings (SSSR count). The Balaban J connectivity index is 1.44. The van der Waals surface area contributed by atoms with E-state index in [-0.39, 0.29) is 17.7 Å². The zero-order valence-electron chi connectivity index (χ0n) is 18.6. The Labute approximate surface area is 187 Å². The van der Waals surface area contributed by atoms with Gasteiger partial charge in [-0.15, -0.1) is 5.10 Å². The summed E-state index contributed by atoms with van der Waals surface area (Å²) in [5.74, 6) is 1.45. The van der Waals surface area contributed by atoms with Crippen LogP contribution in [0.4, 0.5) is 0 Å². The predicted octanol–water partition coefficient (Wildman–Crippen LogP) is 0.871. The topological polar surface area (TPSA) is 103 Å². The highest BCUT2D eigenvalue weighted by molar-refractivity contribution is 5.82. The monoisotopic (exact) mass is 442 g/mol. The minimum Gasteiger partial charge on any atom is -0.497 e. The van der Waals surface area contributed by atoms with Crippen LogP contribution in [0.5, 0.6) is 5.75 Å². The SMILES string of the molecule is COc1cccc(CC(C(=O)N2CCC(C(=O)N3CCOCC3)CC2)n2nnnc2C)c1. The zero-order chi connectivity index (χ0) is 22.5. The maximum Gasteiger partial charge on any atom is 0.247 e. The highest BCUT2D eigenvalue weighted by Gasteiger charge is 2.34. The van der Waals surface area contributed by atoms with E-state index < -0.39 is 6.04 Å². The molecular formula is C22H30N6O4. The summed E-state index contributed by atoms with van der Waals surface area (Å²) in [5, 5.41) is 11.8. The van der Waals surface area contributed by atoms with E-state index in [0.717, 1.165) is 11.3 Å². The van der Waals surface area contributed by atoms with Crippen LogP contribution in [0.1, 0.15) is 30.3 Å². The predicted molar refractivity (Wildman–Crippen MR) is 115 cm³/mol. The lowest BCUT2D eigenvalue weighted by Crippen LogP contribution is -2.49. The molecular weight excluding hydrogens is 412 g/mol. The van der Waals surface area contributed by atoms with Crippen molar-refractivity contribution >= 4 is 11.8 Å². The third-order valence-electron chi connectivity index (χ3n) is 6.28. The van der Waals surface area contributed by atoms with Crippen LogP contribution in [0.2, 0.25) is 0 Å². The Bertz CT molecular complexity index is 934. The van der Waals surface area contributed by atoms with E-state index in [1.54, 1.807) is 18.7 Å². The smallest absolute Gasteiger partial charge is 0.247 e. The van der Waals surface area contributed by atoms with E-state index in [2.05, 4.69) is 15.5 Å². The lowest BCUT2D eigenvalue weighted by atomic mass is 9.94. The van der Waals surface area contributed by atoms with Crippen LogP contribution in [-0.2, 0) is 20.7 Å². The van der Waals surface area contributed by atoms with Crippen LogP contribution >= 0.6 is 0 Å². The number of morpholine rings is 1. The first kappa shape index (κ1) is 22.2. The molecule has 10 heteroatoms. The molecule has 2 aliphatic heterocycles. The molecule has 0 saturated carbocycles. The van der Waals surface area contributed by atoms with Crippen molar-refractivity contribution < 1.29 is 19.1 Å². The molecule has 1 aromatic heterocycles. The Morgan fingerprint density at radius 1 is 1.16 bits per heavy atom. The third-order valence-corrected chi connectivity index (χ3v) is 6.28. The molecule has 172 valence electrons. The second-order valence-electron chi connectivity index (χ2n) is 8.28. The molecule has 2 aromatic rings. The first-order valence-corrected chi connectivity index (χ1v) is 11.1. The Morgan fingerprint density at radius 3 is 2.56 bits per heavy atom. The summed E-state index contributed by atoms with van der Waals surface area (Å²) in [5.41, 5.74) is 0.968. The third kappa shape index (κ3) is 4.90. The molecule has 2 fully saturated rings. The van der Waals surface area contributed by atoms with Gasteiger partial charge in [-0.05, 0) is 47.9 Å². The molecule has 0 bridgehead atoms. The highest BCUT2D eigenvalue weighted by atomic mass is 16.5. The van der Waals surface area contributed by atoms with Gasteiger partial charge >= 0.3 is 0 Å². The van der Waals surface area contributed by atoms with E-state index in [9.17, 15) is 9.59 Å². The number of hydrogen-bond donors (Lipinski definition) is 0. The average Bonchev–Trinajstić information content (AvgIpc) is 3.28. The van der Waals surface area contributed by atoms with Crippen molar-refractivity contribution in [1.82, 2.24) is 30.0 Å². The molecule has 10 nitrogen and oxygen atoms in total. The first-order chi connectivity index (χ1) is 15.6. The van der Waals surface area contributed by atoms with E-state index >= 15 is 0 Å². The van der Waals surface area contributed by atoms with E-state index in [1.165, 1.54) is 0 Å². The van der Waals surface area contributed by atoms with Crippen LogP contribution in [0.25, 0.3) is 0 Å². The Morgan fingerprint density at radius 2 is 1.91 bits per heavy atom. The number of nitrogens with zero attached hydrogens (tertiary/aromatic N) is 6. The summed E-state index contributed by atoms with van der Waals surface area (Å²) in [6.45, 7) is 5.39. The minimum atomic E-state index is -0.552. The zero-order valence-corrected chi connectivity index (χ0v) is 18.6. The van der Waals surface area contributed by atoms with Crippen LogP contribution in [0.3, 0.4) is 0 Å². The van der Waals surface area contributed by atoms with Gasteiger partial charge in [-0.1, -0.05) is 12.1 Å². The largest absolute Gasteiger partial charge is 0.497 e. The van der Waals surface area contributed by atoms with Gasteiger partial charge in [0.25, 0.3) is 0 Å². The number of piperidine rings is 1. The standard InChI is InChI=1S/C22H30N6O4/c1-16-23-24-25-28(16)20(15-17-4-3-5-19(14-17)31-2)22(30)26-8-6-18(7-9-26)21(29)27-10-12-32-13-11-27/h3-5,14,18,20H,6-13,15H2,1-2H3. The van der Waals surface area contributed by atoms with Gasteiger partial charge in [0.05, 0.1) is 20.3 Å². The number of benzene rings is 1. The molecule has 1 unspecified atom stereocenters. The summed E-state index contributed by atoms with van der Waals surface area (Å²) >= 11 is 0. The van der Waals surface area contributed by atoms with Crippen LogP contribution in [0, 0.1) is 12.8 Å². The average molecular weight is 443 g/mol. The second kappa shape index (κ2) is 10.1. The molecule has 0 aliphatic carbocycles. The van der Waals surface area contributed by atoms with E-state index in [0.29, 0.717) is 64.5 Å². The normalized spacial score (nSPS) is 18.4. The van der Waals surface area contributed by atoms with Gasteiger partial charge < -0.3 is 19.3 Å². The molecule has 32 heavy (non-hydrogen) atoms. The summed E-state index contributed by atoms with van der Waals surface area (Å²) in [4.78, 5) is 30.1. The Hall–Kier alpha value is -3.01. The van der Waals surface area contributed by atoms with Gasteiger partial charge in [-0.25, -0.2) is 4.68 Å². The number of tetrazole rings is 1. The maximum atomic E-state index is 13.6. The van der Waals surface area contributed by atoms with Crippen LogP contribution < -0.4 is 4.74 Å². The van der Waals surface area contributed by atoms with E-state index in [4.69, 9.17) is 9.47 Å². The van der Waals surface area contributed by atoms with Crippen LogP contribution in [-0.4, -0.2) is 88.3 Å². The van der Waals surface area contributed by atoms with Gasteiger partial charge in [-0.2, -0.15) is 0 Å². The van der Waals surface area contributed by atoms with E-state index in [1.807, 2.05) is 34.1 Å². The quantitative estimate of drug-likeness (QED) is 0.654. The molecule has 0 radical (unpaired) electrons. The van der Waals surface area contributed by atoms with Gasteiger partial charge in [0.2, 0.25) is 11.8 Å². The molecule has 2 aliphatic rings. The molecule has 2 amide bonds. The molecule has 2 saturated heterocycles. The summed E-state index contributed by atoms with van der Waals surface area (Å²) in [6, 6.07) is 7.12. The second-order valence-corrected chi connectivity index (χ2v) is 8.28. The summed E-state index contributed by atoms with van der Waals surface area (Å²) in [6.07, 6.45) is 1.79. The molecule has 1 atom stereocenters. The lowest BCUT2D eigenvalue weighted by Gasteiger charge is -2.36.